The zero-order valence-electron chi connectivity index (χ0n) is 10.5. The van der Waals surface area contributed by atoms with E-state index >= 15 is 0 Å². The Bertz CT molecular complexity index is 590. The topological polar surface area (TPSA) is 44.5 Å². The normalized spacial score (nSPS) is 10.9. The van der Waals surface area contributed by atoms with Gasteiger partial charge in [-0.2, -0.15) is 0 Å². The smallest absolute Gasteiger partial charge is 0.148 e. The second-order valence-electron chi connectivity index (χ2n) is 4.15. The second kappa shape index (κ2) is 5.12. The summed E-state index contributed by atoms with van der Waals surface area (Å²) < 4.78 is 12.2. The molecule has 0 unspecified atom stereocenters. The van der Waals surface area contributed by atoms with Crippen LogP contribution in [0.3, 0.4) is 0 Å². The Morgan fingerprint density at radius 1 is 1.39 bits per heavy atom. The van der Waals surface area contributed by atoms with Gasteiger partial charge in [-0.05, 0) is 32.0 Å². The molecule has 0 saturated carbocycles. The fraction of sp³-hybridized carbons (Fsp3) is 0.308. The Labute approximate surface area is 116 Å². The van der Waals surface area contributed by atoms with Crippen LogP contribution in [0.25, 0.3) is 10.1 Å². The molecule has 0 aliphatic heterocycles. The summed E-state index contributed by atoms with van der Waals surface area (Å²) in [6, 6.07) is 5.86. The van der Waals surface area contributed by atoms with Crippen LogP contribution >= 0.6 is 23.6 Å². The first-order chi connectivity index (χ1) is 8.52. The van der Waals surface area contributed by atoms with Gasteiger partial charge in [-0.3, -0.25) is 0 Å². The molecule has 1 aromatic carbocycles. The van der Waals surface area contributed by atoms with E-state index in [4.69, 9.17) is 27.4 Å². The summed E-state index contributed by atoms with van der Waals surface area (Å²) in [5.41, 5.74) is 5.76. The largest absolute Gasteiger partial charge is 0.497 e. The molecule has 0 radical (unpaired) electrons. The number of thiophene rings is 1. The van der Waals surface area contributed by atoms with Gasteiger partial charge in [0.1, 0.15) is 21.4 Å². The fourth-order valence-corrected chi connectivity index (χ4v) is 2.88. The number of nitrogens with two attached hydrogens (primary N) is 1. The number of methoxy groups -OCH3 is 1. The zero-order chi connectivity index (χ0) is 13.3. The first kappa shape index (κ1) is 13.1. The highest BCUT2D eigenvalue weighted by atomic mass is 32.1. The summed E-state index contributed by atoms with van der Waals surface area (Å²) in [6.07, 6.45) is 0.0714. The van der Waals surface area contributed by atoms with Crippen LogP contribution in [0.15, 0.2) is 18.2 Å². The molecule has 0 atom stereocenters. The third kappa shape index (κ3) is 2.42. The molecular formula is C13H15NO2S2. The summed E-state index contributed by atoms with van der Waals surface area (Å²) in [5.74, 6) is 1.56. The Hall–Kier alpha value is -1.33. The molecule has 0 aliphatic rings. The summed E-state index contributed by atoms with van der Waals surface area (Å²) in [7, 11) is 1.64. The average molecular weight is 281 g/mol. The van der Waals surface area contributed by atoms with Crippen molar-refractivity contribution in [3.8, 4) is 11.5 Å². The maximum absolute atomic E-state index is 5.85. The van der Waals surface area contributed by atoms with E-state index in [1.807, 2.05) is 32.0 Å². The van der Waals surface area contributed by atoms with Crippen molar-refractivity contribution in [1.29, 1.82) is 0 Å². The molecule has 1 heterocycles. The van der Waals surface area contributed by atoms with Crippen molar-refractivity contribution < 1.29 is 9.47 Å². The van der Waals surface area contributed by atoms with E-state index in [2.05, 4.69) is 0 Å². The number of benzene rings is 1. The van der Waals surface area contributed by atoms with Gasteiger partial charge < -0.3 is 15.2 Å². The molecule has 2 N–H and O–H groups in total. The van der Waals surface area contributed by atoms with Gasteiger partial charge in [-0.25, -0.2) is 0 Å². The van der Waals surface area contributed by atoms with Gasteiger partial charge in [-0.1, -0.05) is 12.2 Å². The van der Waals surface area contributed by atoms with Crippen molar-refractivity contribution >= 4 is 38.6 Å². The van der Waals surface area contributed by atoms with Crippen molar-refractivity contribution in [3.05, 3.63) is 23.1 Å². The van der Waals surface area contributed by atoms with E-state index in [0.29, 0.717) is 4.99 Å². The van der Waals surface area contributed by atoms with Crippen LogP contribution in [0.2, 0.25) is 0 Å². The molecule has 3 nitrogen and oxygen atoms in total. The van der Waals surface area contributed by atoms with Crippen LogP contribution in [-0.4, -0.2) is 18.2 Å². The van der Waals surface area contributed by atoms with E-state index in [1.165, 1.54) is 0 Å². The Balaban J connectivity index is 2.65. The monoisotopic (exact) mass is 281 g/mol. The molecule has 0 saturated heterocycles. The zero-order valence-corrected chi connectivity index (χ0v) is 12.2. The Morgan fingerprint density at radius 3 is 2.67 bits per heavy atom. The van der Waals surface area contributed by atoms with Gasteiger partial charge in [0.25, 0.3) is 0 Å². The van der Waals surface area contributed by atoms with Gasteiger partial charge in [0, 0.05) is 10.1 Å². The minimum absolute atomic E-state index is 0.0714. The lowest BCUT2D eigenvalue weighted by Gasteiger charge is -2.11. The molecule has 0 aliphatic carbocycles. The number of fused-ring (bicyclic) bond motifs is 1. The Kier molecular flexibility index (Phi) is 3.73. The van der Waals surface area contributed by atoms with Gasteiger partial charge in [0.2, 0.25) is 0 Å². The first-order valence-electron chi connectivity index (χ1n) is 5.60. The highest BCUT2D eigenvalue weighted by molar-refractivity contribution is 7.81. The predicted molar refractivity (Wildman–Crippen MR) is 80.0 cm³/mol. The quantitative estimate of drug-likeness (QED) is 0.873. The van der Waals surface area contributed by atoms with Gasteiger partial charge in [0.15, 0.2) is 0 Å². The van der Waals surface area contributed by atoms with Crippen LogP contribution in [0.5, 0.6) is 11.5 Å². The van der Waals surface area contributed by atoms with E-state index in [0.717, 1.165) is 26.5 Å². The standard InChI is InChI=1S/C13H15NO2S2/c1-7(2)16-11-9-6-8(15-3)4-5-10(9)18-12(11)13(14)17/h4-7H,1-3H3,(H2,14,17). The number of ether oxygens (including phenoxy) is 2. The van der Waals surface area contributed by atoms with E-state index < -0.39 is 0 Å². The van der Waals surface area contributed by atoms with Crippen molar-refractivity contribution in [2.24, 2.45) is 5.73 Å². The van der Waals surface area contributed by atoms with Gasteiger partial charge in [-0.15, -0.1) is 11.3 Å². The van der Waals surface area contributed by atoms with Crippen molar-refractivity contribution in [1.82, 2.24) is 0 Å². The van der Waals surface area contributed by atoms with Crippen molar-refractivity contribution in [2.45, 2.75) is 20.0 Å². The number of hydrogen-bond acceptors (Lipinski definition) is 4. The lowest BCUT2D eigenvalue weighted by atomic mass is 10.2. The molecular weight excluding hydrogens is 266 g/mol. The van der Waals surface area contributed by atoms with Crippen LogP contribution in [-0.2, 0) is 0 Å². The van der Waals surface area contributed by atoms with Crippen molar-refractivity contribution in [2.75, 3.05) is 7.11 Å². The van der Waals surface area contributed by atoms with Gasteiger partial charge in [0.05, 0.1) is 13.2 Å². The third-order valence-corrected chi connectivity index (χ3v) is 3.95. The fourth-order valence-electron chi connectivity index (χ4n) is 1.70. The molecule has 0 amide bonds. The third-order valence-electron chi connectivity index (χ3n) is 2.43. The molecule has 0 spiro atoms. The molecule has 96 valence electrons. The molecule has 0 fully saturated rings. The van der Waals surface area contributed by atoms with Crippen LogP contribution in [0, 0.1) is 0 Å². The molecule has 1 aromatic heterocycles. The number of rotatable bonds is 4. The van der Waals surface area contributed by atoms with Gasteiger partial charge >= 0.3 is 0 Å². The number of hydrogen-bond donors (Lipinski definition) is 1. The summed E-state index contributed by atoms with van der Waals surface area (Å²) in [6.45, 7) is 3.96. The second-order valence-corrected chi connectivity index (χ2v) is 5.65. The summed E-state index contributed by atoms with van der Waals surface area (Å²) in [4.78, 5) is 1.19. The lowest BCUT2D eigenvalue weighted by Crippen LogP contribution is -2.12. The maximum Gasteiger partial charge on any atom is 0.148 e. The average Bonchev–Trinajstić information content (AvgIpc) is 2.67. The van der Waals surface area contributed by atoms with Crippen molar-refractivity contribution in [3.63, 3.8) is 0 Å². The lowest BCUT2D eigenvalue weighted by molar-refractivity contribution is 0.246. The minimum Gasteiger partial charge on any atom is -0.497 e. The minimum atomic E-state index is 0.0714. The molecule has 5 heteroatoms. The highest BCUT2D eigenvalue weighted by Gasteiger charge is 2.17. The SMILES string of the molecule is COc1ccc2sc(C(N)=S)c(OC(C)C)c2c1. The molecule has 2 aromatic rings. The van der Waals surface area contributed by atoms with Crippen LogP contribution in [0.1, 0.15) is 18.7 Å². The molecule has 18 heavy (non-hydrogen) atoms. The molecule has 0 bridgehead atoms. The molecule has 2 rings (SSSR count). The van der Waals surface area contributed by atoms with E-state index in [9.17, 15) is 0 Å². The highest BCUT2D eigenvalue weighted by Crippen LogP contribution is 2.40. The Morgan fingerprint density at radius 2 is 2.11 bits per heavy atom. The van der Waals surface area contributed by atoms with Crippen LogP contribution in [0.4, 0.5) is 0 Å². The number of thiocarbonyl (C=S) groups is 1. The summed E-state index contributed by atoms with van der Waals surface area (Å²) >= 11 is 6.63. The first-order valence-corrected chi connectivity index (χ1v) is 6.82. The van der Waals surface area contributed by atoms with E-state index in [1.54, 1.807) is 18.4 Å². The van der Waals surface area contributed by atoms with Crippen LogP contribution < -0.4 is 15.2 Å². The predicted octanol–water partition coefficient (Wildman–Crippen LogP) is 3.33. The maximum atomic E-state index is 5.85. The summed E-state index contributed by atoms with van der Waals surface area (Å²) in [5, 5.41) is 0.996. The van der Waals surface area contributed by atoms with E-state index in [-0.39, 0.29) is 6.10 Å².